The summed E-state index contributed by atoms with van der Waals surface area (Å²) in [6.45, 7) is 5.92. The molecule has 2 aromatic rings. The normalized spacial score (nSPS) is 20.7. The molecule has 7 nitrogen and oxygen atoms in total. The number of ketones is 1. The van der Waals surface area contributed by atoms with Gasteiger partial charge in [0.15, 0.2) is 0 Å². The van der Waals surface area contributed by atoms with Crippen LogP contribution in [0.2, 0.25) is 0 Å². The smallest absolute Gasteiger partial charge is 0.295 e. The third-order valence-electron chi connectivity index (χ3n) is 6.39. The maximum absolute atomic E-state index is 13.6. The van der Waals surface area contributed by atoms with E-state index < -0.39 is 23.5 Å². The highest BCUT2D eigenvalue weighted by molar-refractivity contribution is 6.46. The van der Waals surface area contributed by atoms with Gasteiger partial charge in [0, 0.05) is 31.7 Å². The van der Waals surface area contributed by atoms with E-state index in [2.05, 4.69) is 4.90 Å². The van der Waals surface area contributed by atoms with Gasteiger partial charge in [0.1, 0.15) is 17.3 Å². The second-order valence-electron chi connectivity index (χ2n) is 8.53. The molecule has 0 unspecified atom stereocenters. The van der Waals surface area contributed by atoms with Crippen LogP contribution < -0.4 is 4.74 Å². The number of Topliss-reactive ketones (excluding diaryl/α,β-unsaturated/α-hetero) is 1. The molecule has 0 bridgehead atoms. The second kappa shape index (κ2) is 10.4. The van der Waals surface area contributed by atoms with Crippen LogP contribution in [0.4, 0.5) is 4.39 Å². The molecule has 8 heteroatoms. The predicted octanol–water partition coefficient (Wildman–Crippen LogP) is 3.29. The van der Waals surface area contributed by atoms with E-state index in [9.17, 15) is 19.1 Å². The fourth-order valence-corrected chi connectivity index (χ4v) is 4.57. The summed E-state index contributed by atoms with van der Waals surface area (Å²) in [5.41, 5.74) is 1.73. The van der Waals surface area contributed by atoms with Crippen LogP contribution in [0.15, 0.2) is 48.0 Å². The maximum Gasteiger partial charge on any atom is 0.295 e. The average molecular weight is 469 g/mol. The van der Waals surface area contributed by atoms with E-state index in [0.717, 1.165) is 19.6 Å². The molecular weight excluding hydrogens is 439 g/mol. The van der Waals surface area contributed by atoms with Crippen LogP contribution in [-0.2, 0) is 14.3 Å². The van der Waals surface area contributed by atoms with Crippen molar-refractivity contribution in [2.75, 3.05) is 46.5 Å². The minimum Gasteiger partial charge on any atom is -0.507 e. The van der Waals surface area contributed by atoms with E-state index in [-0.39, 0.29) is 11.3 Å². The molecule has 0 aliphatic carbocycles. The van der Waals surface area contributed by atoms with E-state index in [1.165, 1.54) is 17.0 Å². The highest BCUT2D eigenvalue weighted by Gasteiger charge is 2.46. The quantitative estimate of drug-likeness (QED) is 0.382. The van der Waals surface area contributed by atoms with Crippen LogP contribution in [0.3, 0.4) is 0 Å². The van der Waals surface area contributed by atoms with E-state index in [1.807, 2.05) is 0 Å². The number of likely N-dealkylation sites (tertiary alicyclic amines) is 1. The number of hydrogen-bond acceptors (Lipinski definition) is 6. The first kappa shape index (κ1) is 23.9. The number of hydrogen-bond donors (Lipinski definition) is 1. The van der Waals surface area contributed by atoms with Crippen molar-refractivity contribution in [3.63, 3.8) is 0 Å². The molecule has 180 valence electrons. The van der Waals surface area contributed by atoms with Crippen molar-refractivity contribution in [3.05, 3.63) is 70.5 Å². The Kier molecular flexibility index (Phi) is 7.29. The summed E-state index contributed by atoms with van der Waals surface area (Å²) in [4.78, 5) is 30.0. The van der Waals surface area contributed by atoms with Gasteiger partial charge in [-0.1, -0.05) is 12.1 Å². The summed E-state index contributed by atoms with van der Waals surface area (Å²) in [5, 5.41) is 11.2. The Morgan fingerprint density at radius 2 is 1.82 bits per heavy atom. The lowest BCUT2D eigenvalue weighted by atomic mass is 9.94. The Balaban J connectivity index is 1.69. The maximum atomic E-state index is 13.6. The highest BCUT2D eigenvalue weighted by atomic mass is 19.1. The SMILES string of the molecule is COc1ccc(C(O)=C2C(=O)C(=O)N(CCCN3CCOCC3)[C@@H]2c2ccc(F)cc2)c(C)c1. The zero-order chi connectivity index (χ0) is 24.2. The van der Waals surface area contributed by atoms with E-state index in [0.29, 0.717) is 48.6 Å². The van der Waals surface area contributed by atoms with Gasteiger partial charge in [0.25, 0.3) is 11.7 Å². The van der Waals surface area contributed by atoms with Crippen LogP contribution in [0.1, 0.15) is 29.2 Å². The monoisotopic (exact) mass is 468 g/mol. The third kappa shape index (κ3) is 4.83. The lowest BCUT2D eigenvalue weighted by molar-refractivity contribution is -0.140. The van der Waals surface area contributed by atoms with Crippen molar-refractivity contribution < 1.29 is 28.6 Å². The van der Waals surface area contributed by atoms with Crippen LogP contribution in [0.5, 0.6) is 5.75 Å². The molecule has 0 spiro atoms. The molecule has 4 rings (SSSR count). The number of benzene rings is 2. The molecule has 0 saturated carbocycles. The molecule has 0 aromatic heterocycles. The van der Waals surface area contributed by atoms with Gasteiger partial charge in [-0.25, -0.2) is 4.39 Å². The third-order valence-corrected chi connectivity index (χ3v) is 6.39. The zero-order valence-corrected chi connectivity index (χ0v) is 19.4. The van der Waals surface area contributed by atoms with Crippen LogP contribution in [-0.4, -0.2) is 73.1 Å². The summed E-state index contributed by atoms with van der Waals surface area (Å²) in [7, 11) is 1.55. The van der Waals surface area contributed by atoms with Gasteiger partial charge in [-0.15, -0.1) is 0 Å². The topological polar surface area (TPSA) is 79.3 Å². The Labute approximate surface area is 198 Å². The Bertz CT molecular complexity index is 1090. The first-order valence-electron chi connectivity index (χ1n) is 11.4. The van der Waals surface area contributed by atoms with Gasteiger partial charge in [0.2, 0.25) is 0 Å². The van der Waals surface area contributed by atoms with Crippen molar-refractivity contribution in [1.29, 1.82) is 0 Å². The predicted molar refractivity (Wildman–Crippen MR) is 125 cm³/mol. The number of morpholine rings is 1. The number of methoxy groups -OCH3 is 1. The minimum atomic E-state index is -0.799. The standard InChI is InChI=1S/C26H29FN2O5/c1-17-16-20(33-2)8-9-21(17)24(30)22-23(18-4-6-19(27)7-5-18)29(26(32)25(22)31)11-3-10-28-12-14-34-15-13-28/h4-9,16,23,30H,3,10-15H2,1-2H3/t23-/m1/s1. The fourth-order valence-electron chi connectivity index (χ4n) is 4.57. The molecule has 2 fully saturated rings. The van der Waals surface area contributed by atoms with Crippen molar-refractivity contribution in [2.24, 2.45) is 0 Å². The van der Waals surface area contributed by atoms with Gasteiger partial charge in [-0.3, -0.25) is 14.5 Å². The number of aliphatic hydroxyl groups excluding tert-OH is 1. The summed E-state index contributed by atoms with van der Waals surface area (Å²) in [6.07, 6.45) is 0.659. The molecular formula is C26H29FN2O5. The fraction of sp³-hybridized carbons (Fsp3) is 0.385. The summed E-state index contributed by atoms with van der Waals surface area (Å²) in [6, 6.07) is 9.99. The number of carbonyl (C=O) groups is 2. The lowest BCUT2D eigenvalue weighted by Gasteiger charge is -2.29. The molecule has 0 radical (unpaired) electrons. The lowest BCUT2D eigenvalue weighted by Crippen LogP contribution is -2.38. The Hall–Kier alpha value is -3.23. The molecule has 1 amide bonds. The van der Waals surface area contributed by atoms with Crippen molar-refractivity contribution in [3.8, 4) is 5.75 Å². The highest BCUT2D eigenvalue weighted by Crippen LogP contribution is 2.40. The number of rotatable bonds is 7. The molecule has 2 aliphatic heterocycles. The van der Waals surface area contributed by atoms with Gasteiger partial charge < -0.3 is 19.5 Å². The number of aryl methyl sites for hydroxylation is 1. The van der Waals surface area contributed by atoms with Crippen LogP contribution in [0, 0.1) is 12.7 Å². The Morgan fingerprint density at radius 3 is 2.47 bits per heavy atom. The number of ether oxygens (including phenoxy) is 2. The molecule has 2 aromatic carbocycles. The first-order chi connectivity index (χ1) is 16.4. The van der Waals surface area contributed by atoms with Gasteiger partial charge >= 0.3 is 0 Å². The first-order valence-corrected chi connectivity index (χ1v) is 11.4. The van der Waals surface area contributed by atoms with Crippen molar-refractivity contribution >= 4 is 17.4 Å². The Morgan fingerprint density at radius 1 is 1.12 bits per heavy atom. The van der Waals surface area contributed by atoms with Gasteiger partial charge in [-0.05, 0) is 54.8 Å². The van der Waals surface area contributed by atoms with E-state index in [1.54, 1.807) is 44.4 Å². The van der Waals surface area contributed by atoms with Gasteiger partial charge in [0.05, 0.1) is 31.9 Å². The summed E-state index contributed by atoms with van der Waals surface area (Å²) < 4.78 is 24.3. The molecule has 1 N–H and O–H groups in total. The summed E-state index contributed by atoms with van der Waals surface area (Å²) >= 11 is 0. The summed E-state index contributed by atoms with van der Waals surface area (Å²) in [5.74, 6) is -1.45. The van der Waals surface area contributed by atoms with Crippen molar-refractivity contribution in [1.82, 2.24) is 9.80 Å². The molecule has 2 saturated heterocycles. The molecule has 2 aliphatic rings. The molecule has 1 atom stereocenters. The number of aliphatic hydroxyl groups is 1. The zero-order valence-electron chi connectivity index (χ0n) is 19.4. The average Bonchev–Trinajstić information content (AvgIpc) is 3.09. The largest absolute Gasteiger partial charge is 0.507 e. The minimum absolute atomic E-state index is 0.0104. The number of amides is 1. The molecule has 2 heterocycles. The van der Waals surface area contributed by atoms with E-state index >= 15 is 0 Å². The number of carbonyl (C=O) groups excluding carboxylic acids is 2. The van der Waals surface area contributed by atoms with Crippen molar-refractivity contribution in [2.45, 2.75) is 19.4 Å². The number of halogens is 1. The second-order valence-corrected chi connectivity index (χ2v) is 8.53. The van der Waals surface area contributed by atoms with E-state index in [4.69, 9.17) is 9.47 Å². The van der Waals surface area contributed by atoms with Gasteiger partial charge in [-0.2, -0.15) is 0 Å². The molecule has 34 heavy (non-hydrogen) atoms. The number of nitrogens with zero attached hydrogens (tertiary/aromatic N) is 2. The van der Waals surface area contributed by atoms with Crippen LogP contribution in [0.25, 0.3) is 5.76 Å². The van der Waals surface area contributed by atoms with Crippen LogP contribution >= 0.6 is 0 Å².